The molecule has 2 aromatic carbocycles. The average Bonchev–Trinajstić information content (AvgIpc) is 3.07. The lowest BCUT2D eigenvalue weighted by atomic mass is 9.96. The normalized spacial score (nSPS) is 22.5. The first-order chi connectivity index (χ1) is 8.25. The van der Waals surface area contributed by atoms with E-state index >= 15 is 0 Å². The second kappa shape index (κ2) is 4.19. The third-order valence-electron chi connectivity index (χ3n) is 3.62. The van der Waals surface area contributed by atoms with Gasteiger partial charge in [-0.3, -0.25) is 0 Å². The molecule has 17 heavy (non-hydrogen) atoms. The number of rotatable bonds is 2. The summed E-state index contributed by atoms with van der Waals surface area (Å²) >= 11 is 5.94. The third-order valence-corrected chi connectivity index (χ3v) is 3.88. The summed E-state index contributed by atoms with van der Waals surface area (Å²) in [6.45, 7) is 2.32. The van der Waals surface area contributed by atoms with Crippen LogP contribution in [0.2, 0.25) is 5.02 Å². The van der Waals surface area contributed by atoms with Gasteiger partial charge in [-0.1, -0.05) is 54.9 Å². The van der Waals surface area contributed by atoms with Crippen LogP contribution in [0.3, 0.4) is 0 Å². The van der Waals surface area contributed by atoms with Gasteiger partial charge in [0, 0.05) is 5.02 Å². The highest BCUT2D eigenvalue weighted by atomic mass is 35.5. The SMILES string of the molecule is C[C@@H]1C[C@H]1c1ccccc1-c1ccc(Cl)cc1. The van der Waals surface area contributed by atoms with E-state index in [2.05, 4.69) is 43.3 Å². The molecule has 0 unspecified atom stereocenters. The number of hydrogen-bond donors (Lipinski definition) is 0. The fourth-order valence-corrected chi connectivity index (χ4v) is 2.59. The lowest BCUT2D eigenvalue weighted by Crippen LogP contribution is -1.87. The Labute approximate surface area is 107 Å². The highest BCUT2D eigenvalue weighted by Crippen LogP contribution is 2.49. The summed E-state index contributed by atoms with van der Waals surface area (Å²) in [5.41, 5.74) is 4.12. The van der Waals surface area contributed by atoms with Crippen LogP contribution in [0, 0.1) is 5.92 Å². The molecule has 1 fully saturated rings. The lowest BCUT2D eigenvalue weighted by molar-refractivity contribution is 0.916. The first-order valence-electron chi connectivity index (χ1n) is 6.10. The number of hydrogen-bond acceptors (Lipinski definition) is 0. The van der Waals surface area contributed by atoms with E-state index in [1.807, 2.05) is 12.1 Å². The van der Waals surface area contributed by atoms with Crippen molar-refractivity contribution in [2.45, 2.75) is 19.3 Å². The van der Waals surface area contributed by atoms with Gasteiger partial charge >= 0.3 is 0 Å². The van der Waals surface area contributed by atoms with Crippen LogP contribution in [0.5, 0.6) is 0 Å². The van der Waals surface area contributed by atoms with Crippen molar-refractivity contribution < 1.29 is 0 Å². The van der Waals surface area contributed by atoms with Crippen molar-refractivity contribution >= 4 is 11.6 Å². The molecule has 0 heterocycles. The molecule has 1 aliphatic rings. The summed E-state index contributed by atoms with van der Waals surface area (Å²) in [5, 5.41) is 0.797. The van der Waals surface area contributed by atoms with E-state index in [-0.39, 0.29) is 0 Å². The maximum absolute atomic E-state index is 5.94. The van der Waals surface area contributed by atoms with E-state index in [0.717, 1.165) is 16.9 Å². The Morgan fingerprint density at radius 2 is 1.65 bits per heavy atom. The molecule has 86 valence electrons. The van der Waals surface area contributed by atoms with Crippen molar-refractivity contribution in [1.29, 1.82) is 0 Å². The van der Waals surface area contributed by atoms with Gasteiger partial charge in [0.05, 0.1) is 0 Å². The molecule has 3 rings (SSSR count). The third kappa shape index (κ3) is 2.10. The van der Waals surface area contributed by atoms with Crippen LogP contribution in [0.1, 0.15) is 24.8 Å². The van der Waals surface area contributed by atoms with Crippen molar-refractivity contribution in [2.24, 2.45) is 5.92 Å². The minimum absolute atomic E-state index is 0.752. The largest absolute Gasteiger partial charge is 0.0843 e. The molecular formula is C16H15Cl. The molecular weight excluding hydrogens is 228 g/mol. The van der Waals surface area contributed by atoms with Crippen LogP contribution in [0.25, 0.3) is 11.1 Å². The highest BCUT2D eigenvalue weighted by Gasteiger charge is 2.35. The minimum Gasteiger partial charge on any atom is -0.0843 e. The predicted octanol–water partition coefficient (Wildman–Crippen LogP) is 5.13. The maximum Gasteiger partial charge on any atom is 0.0406 e. The number of halogens is 1. The van der Waals surface area contributed by atoms with Crippen LogP contribution >= 0.6 is 11.6 Å². The maximum atomic E-state index is 5.94. The van der Waals surface area contributed by atoms with Gasteiger partial charge in [0.2, 0.25) is 0 Å². The van der Waals surface area contributed by atoms with Gasteiger partial charge in [-0.25, -0.2) is 0 Å². The van der Waals surface area contributed by atoms with Crippen molar-refractivity contribution in [3.05, 3.63) is 59.1 Å². The summed E-state index contributed by atoms with van der Waals surface area (Å²) < 4.78 is 0. The Hall–Kier alpha value is -1.27. The summed E-state index contributed by atoms with van der Waals surface area (Å²) in [6.07, 6.45) is 1.32. The van der Waals surface area contributed by atoms with Gasteiger partial charge in [-0.2, -0.15) is 0 Å². The Kier molecular flexibility index (Phi) is 2.68. The predicted molar refractivity (Wildman–Crippen MR) is 73.4 cm³/mol. The standard InChI is InChI=1S/C16H15Cl/c1-11-10-16(11)15-5-3-2-4-14(15)12-6-8-13(17)9-7-12/h2-9,11,16H,10H2,1H3/t11-,16-/m1/s1. The van der Waals surface area contributed by atoms with Gasteiger partial charge in [0.15, 0.2) is 0 Å². The molecule has 1 aliphatic carbocycles. The Balaban J connectivity index is 2.05. The molecule has 1 saturated carbocycles. The van der Waals surface area contributed by atoms with Crippen LogP contribution in [-0.2, 0) is 0 Å². The topological polar surface area (TPSA) is 0 Å². The van der Waals surface area contributed by atoms with Gasteiger partial charge in [0.25, 0.3) is 0 Å². The van der Waals surface area contributed by atoms with Gasteiger partial charge < -0.3 is 0 Å². The molecule has 0 spiro atoms. The van der Waals surface area contributed by atoms with Gasteiger partial charge in [-0.15, -0.1) is 0 Å². The molecule has 2 atom stereocenters. The van der Waals surface area contributed by atoms with Gasteiger partial charge in [0.1, 0.15) is 0 Å². The van der Waals surface area contributed by atoms with Crippen molar-refractivity contribution in [1.82, 2.24) is 0 Å². The molecule has 0 aromatic heterocycles. The number of benzene rings is 2. The molecule has 0 bridgehead atoms. The summed E-state index contributed by atoms with van der Waals surface area (Å²) in [5.74, 6) is 1.59. The van der Waals surface area contributed by atoms with E-state index in [1.165, 1.54) is 23.1 Å². The fraction of sp³-hybridized carbons (Fsp3) is 0.250. The van der Waals surface area contributed by atoms with E-state index < -0.39 is 0 Å². The van der Waals surface area contributed by atoms with Crippen molar-refractivity contribution in [3.63, 3.8) is 0 Å². The molecule has 0 nitrogen and oxygen atoms in total. The van der Waals surface area contributed by atoms with Crippen LogP contribution in [0.4, 0.5) is 0 Å². The highest BCUT2D eigenvalue weighted by molar-refractivity contribution is 6.30. The molecule has 0 aliphatic heterocycles. The van der Waals surface area contributed by atoms with E-state index in [1.54, 1.807) is 0 Å². The second-order valence-corrected chi connectivity index (χ2v) is 5.35. The van der Waals surface area contributed by atoms with Crippen LogP contribution < -0.4 is 0 Å². The van der Waals surface area contributed by atoms with Gasteiger partial charge in [-0.05, 0) is 47.1 Å². The smallest absolute Gasteiger partial charge is 0.0406 e. The molecule has 1 heteroatoms. The summed E-state index contributed by atoms with van der Waals surface area (Å²) in [4.78, 5) is 0. The second-order valence-electron chi connectivity index (χ2n) is 4.91. The first-order valence-corrected chi connectivity index (χ1v) is 6.48. The summed E-state index contributed by atoms with van der Waals surface area (Å²) in [6, 6.07) is 16.9. The van der Waals surface area contributed by atoms with Crippen LogP contribution in [-0.4, -0.2) is 0 Å². The molecule has 0 N–H and O–H groups in total. The zero-order valence-corrected chi connectivity index (χ0v) is 10.6. The minimum atomic E-state index is 0.752. The Bertz CT molecular complexity index is 527. The van der Waals surface area contributed by atoms with E-state index in [9.17, 15) is 0 Å². The van der Waals surface area contributed by atoms with E-state index in [4.69, 9.17) is 11.6 Å². The van der Waals surface area contributed by atoms with Crippen molar-refractivity contribution in [3.8, 4) is 11.1 Å². The lowest BCUT2D eigenvalue weighted by Gasteiger charge is -2.09. The zero-order valence-electron chi connectivity index (χ0n) is 9.86. The molecule has 0 saturated heterocycles. The first kappa shape index (κ1) is 10.9. The van der Waals surface area contributed by atoms with E-state index in [0.29, 0.717) is 0 Å². The molecule has 0 amide bonds. The molecule has 2 aromatic rings. The Morgan fingerprint density at radius 1 is 1.00 bits per heavy atom. The Morgan fingerprint density at radius 3 is 2.29 bits per heavy atom. The van der Waals surface area contributed by atoms with Crippen LogP contribution in [0.15, 0.2) is 48.5 Å². The molecule has 0 radical (unpaired) electrons. The van der Waals surface area contributed by atoms with Crippen molar-refractivity contribution in [2.75, 3.05) is 0 Å². The monoisotopic (exact) mass is 242 g/mol. The quantitative estimate of drug-likeness (QED) is 0.685. The summed E-state index contributed by atoms with van der Waals surface area (Å²) in [7, 11) is 0. The average molecular weight is 243 g/mol. The fourth-order valence-electron chi connectivity index (χ4n) is 2.47. The zero-order chi connectivity index (χ0) is 11.8.